The molecule has 4 heterocycles. The van der Waals surface area contributed by atoms with Crippen LogP contribution in [-0.2, 0) is 11.3 Å². The third-order valence-electron chi connectivity index (χ3n) is 6.20. The fourth-order valence-electron chi connectivity index (χ4n) is 4.38. The lowest BCUT2D eigenvalue weighted by Gasteiger charge is -2.22. The number of aliphatic hydroxyl groups is 1. The number of β-amino-alcohol motifs (C(OH)–C–C–N with tert-alkyl or cyclic N) is 1. The second kappa shape index (κ2) is 8.68. The number of amides is 1. The fraction of sp³-hybridized carbons (Fsp3) is 0.364. The van der Waals surface area contributed by atoms with Gasteiger partial charge in [-0.3, -0.25) is 9.69 Å². The number of hydrogen-bond donors (Lipinski definition) is 2. The van der Waals surface area contributed by atoms with Gasteiger partial charge >= 0.3 is 5.97 Å². The average molecular weight is 449 g/mol. The van der Waals surface area contributed by atoms with Crippen LogP contribution in [0.25, 0.3) is 5.69 Å². The summed E-state index contributed by atoms with van der Waals surface area (Å²) in [5.74, 6) is -0.559. The van der Waals surface area contributed by atoms with Crippen molar-refractivity contribution in [3.63, 3.8) is 0 Å². The number of hydrogen-bond acceptors (Lipinski definition) is 9. The number of nitrogens with zero attached hydrogens (tertiary/aromatic N) is 6. The first-order valence-electron chi connectivity index (χ1n) is 10.7. The standard InChI is InChI=1S/C22H23N7O4/c1-13-16(3-4-17-18(13)11-33-22(17)32)20(30)10-28-7-6-14(9-28)25-21(31)19-5-2-15(8-23-19)29-12-24-26-27-29/h2-5,8,12,14,20,30H,6-7,9-11H2,1H3,(H,25,31)/t14-,20-/m0/s1. The number of rotatable bonds is 6. The first-order valence-corrected chi connectivity index (χ1v) is 10.7. The van der Waals surface area contributed by atoms with Crippen LogP contribution in [0, 0.1) is 6.92 Å². The summed E-state index contributed by atoms with van der Waals surface area (Å²) in [5, 5.41) is 24.8. The molecule has 33 heavy (non-hydrogen) atoms. The highest BCUT2D eigenvalue weighted by atomic mass is 16.5. The predicted octanol–water partition coefficient (Wildman–Crippen LogP) is 0.574. The highest BCUT2D eigenvalue weighted by Crippen LogP contribution is 2.29. The number of nitrogens with one attached hydrogen (secondary N) is 1. The Kier molecular flexibility index (Phi) is 5.56. The molecule has 0 bridgehead atoms. The Morgan fingerprint density at radius 3 is 2.97 bits per heavy atom. The van der Waals surface area contributed by atoms with Crippen LogP contribution in [0.15, 0.2) is 36.8 Å². The number of benzene rings is 1. The number of pyridine rings is 1. The maximum absolute atomic E-state index is 12.6. The molecule has 170 valence electrons. The van der Waals surface area contributed by atoms with Crippen LogP contribution in [0.5, 0.6) is 0 Å². The zero-order valence-electron chi connectivity index (χ0n) is 18.0. The lowest BCUT2D eigenvalue weighted by Crippen LogP contribution is -2.38. The Morgan fingerprint density at radius 2 is 2.21 bits per heavy atom. The Bertz CT molecular complexity index is 1180. The number of carbonyl (C=O) groups excluding carboxylic acids is 2. The van der Waals surface area contributed by atoms with Crippen molar-refractivity contribution < 1.29 is 19.4 Å². The minimum atomic E-state index is -0.694. The van der Waals surface area contributed by atoms with Crippen LogP contribution in [0.3, 0.4) is 0 Å². The molecule has 1 fully saturated rings. The molecule has 2 aliphatic rings. The number of cyclic esters (lactones) is 1. The van der Waals surface area contributed by atoms with Gasteiger partial charge in [-0.1, -0.05) is 6.07 Å². The average Bonchev–Trinajstić information content (AvgIpc) is 3.57. The number of likely N-dealkylation sites (tertiary alicyclic amines) is 1. The van der Waals surface area contributed by atoms with Gasteiger partial charge in [-0.25, -0.2) is 9.78 Å². The Morgan fingerprint density at radius 1 is 1.33 bits per heavy atom. The Labute approximate surface area is 189 Å². The van der Waals surface area contributed by atoms with E-state index in [0.717, 1.165) is 29.7 Å². The summed E-state index contributed by atoms with van der Waals surface area (Å²) < 4.78 is 6.56. The van der Waals surface area contributed by atoms with Crippen molar-refractivity contribution in [1.82, 2.24) is 35.4 Å². The molecule has 1 aromatic carbocycles. The number of carbonyl (C=O) groups is 2. The highest BCUT2D eigenvalue weighted by Gasteiger charge is 2.29. The molecule has 11 nitrogen and oxygen atoms in total. The maximum atomic E-state index is 12.6. The molecule has 2 aromatic heterocycles. The minimum Gasteiger partial charge on any atom is -0.457 e. The van der Waals surface area contributed by atoms with Gasteiger partial charge in [0.25, 0.3) is 5.91 Å². The highest BCUT2D eigenvalue weighted by molar-refractivity contribution is 5.94. The van der Waals surface area contributed by atoms with Crippen molar-refractivity contribution in [2.24, 2.45) is 0 Å². The van der Waals surface area contributed by atoms with E-state index in [1.165, 1.54) is 11.0 Å². The lowest BCUT2D eigenvalue weighted by molar-refractivity contribution is 0.0534. The van der Waals surface area contributed by atoms with Gasteiger partial charge in [0, 0.05) is 31.2 Å². The molecule has 0 spiro atoms. The summed E-state index contributed by atoms with van der Waals surface area (Å²) in [4.78, 5) is 30.7. The molecule has 11 heteroatoms. The summed E-state index contributed by atoms with van der Waals surface area (Å²) in [7, 11) is 0. The van der Waals surface area contributed by atoms with Crippen molar-refractivity contribution in [2.45, 2.75) is 32.1 Å². The molecule has 3 aromatic rings. The molecule has 0 aliphatic carbocycles. The van der Waals surface area contributed by atoms with Gasteiger partial charge in [-0.2, -0.15) is 4.68 Å². The number of fused-ring (bicyclic) bond motifs is 1. The summed E-state index contributed by atoms with van der Waals surface area (Å²) in [6, 6.07) is 6.85. The third kappa shape index (κ3) is 4.20. The lowest BCUT2D eigenvalue weighted by atomic mass is 9.95. The largest absolute Gasteiger partial charge is 0.457 e. The number of tetrazole rings is 1. The molecular weight excluding hydrogens is 426 g/mol. The van der Waals surface area contributed by atoms with E-state index in [0.29, 0.717) is 30.0 Å². The zero-order valence-corrected chi connectivity index (χ0v) is 18.0. The first kappa shape index (κ1) is 21.2. The van der Waals surface area contributed by atoms with E-state index in [1.54, 1.807) is 30.5 Å². The number of ether oxygens (including phenoxy) is 1. The van der Waals surface area contributed by atoms with Crippen LogP contribution in [0.2, 0.25) is 0 Å². The van der Waals surface area contributed by atoms with Gasteiger partial charge in [0.2, 0.25) is 0 Å². The fourth-order valence-corrected chi connectivity index (χ4v) is 4.38. The smallest absolute Gasteiger partial charge is 0.338 e. The van der Waals surface area contributed by atoms with E-state index in [2.05, 4.69) is 30.7 Å². The van der Waals surface area contributed by atoms with E-state index in [1.807, 2.05) is 6.92 Å². The van der Waals surface area contributed by atoms with Crippen LogP contribution in [0.1, 0.15) is 50.1 Å². The normalized spacial score (nSPS) is 18.7. The number of esters is 1. The van der Waals surface area contributed by atoms with Gasteiger partial charge in [0.1, 0.15) is 18.6 Å². The van der Waals surface area contributed by atoms with Crippen molar-refractivity contribution >= 4 is 11.9 Å². The summed E-state index contributed by atoms with van der Waals surface area (Å²) >= 11 is 0. The molecule has 0 saturated carbocycles. The monoisotopic (exact) mass is 449 g/mol. The number of aliphatic hydroxyl groups excluding tert-OH is 1. The minimum absolute atomic E-state index is 0.0298. The van der Waals surface area contributed by atoms with E-state index in [9.17, 15) is 14.7 Å². The molecule has 0 unspecified atom stereocenters. The molecule has 2 N–H and O–H groups in total. The molecule has 0 radical (unpaired) electrons. The van der Waals surface area contributed by atoms with Crippen molar-refractivity contribution in [1.29, 1.82) is 0 Å². The molecular formula is C22H23N7O4. The van der Waals surface area contributed by atoms with Crippen molar-refractivity contribution in [3.8, 4) is 5.69 Å². The second-order valence-electron chi connectivity index (χ2n) is 8.27. The first-order chi connectivity index (χ1) is 16.0. The van der Waals surface area contributed by atoms with E-state index < -0.39 is 6.10 Å². The summed E-state index contributed by atoms with van der Waals surface area (Å²) in [6.07, 6.45) is 3.09. The van der Waals surface area contributed by atoms with Gasteiger partial charge < -0.3 is 15.2 Å². The zero-order chi connectivity index (χ0) is 22.9. The third-order valence-corrected chi connectivity index (χ3v) is 6.20. The van der Waals surface area contributed by atoms with E-state index >= 15 is 0 Å². The van der Waals surface area contributed by atoms with E-state index in [4.69, 9.17) is 4.74 Å². The van der Waals surface area contributed by atoms with Gasteiger partial charge in [0.15, 0.2) is 0 Å². The Balaban J connectivity index is 1.17. The van der Waals surface area contributed by atoms with Crippen molar-refractivity contribution in [3.05, 3.63) is 64.7 Å². The maximum Gasteiger partial charge on any atom is 0.338 e. The molecule has 1 saturated heterocycles. The molecule has 2 atom stereocenters. The van der Waals surface area contributed by atoms with Crippen molar-refractivity contribution in [2.75, 3.05) is 19.6 Å². The number of aromatic nitrogens is 5. The Hall–Kier alpha value is -3.70. The summed E-state index contributed by atoms with van der Waals surface area (Å²) in [6.45, 7) is 4.00. The predicted molar refractivity (Wildman–Crippen MR) is 115 cm³/mol. The van der Waals surface area contributed by atoms with Crippen LogP contribution in [0.4, 0.5) is 0 Å². The topological polar surface area (TPSA) is 135 Å². The quantitative estimate of drug-likeness (QED) is 0.518. The summed E-state index contributed by atoms with van der Waals surface area (Å²) in [5.41, 5.74) is 4.09. The molecule has 5 rings (SSSR count). The molecule has 1 amide bonds. The van der Waals surface area contributed by atoms with Crippen LogP contribution >= 0.6 is 0 Å². The SMILES string of the molecule is Cc1c([C@@H](O)CN2CC[C@H](NC(=O)c3ccc(-n4cnnn4)cn3)C2)ccc2c1COC2=O. The van der Waals surface area contributed by atoms with Crippen LogP contribution in [-0.4, -0.2) is 72.8 Å². The second-order valence-corrected chi connectivity index (χ2v) is 8.27. The molecule has 2 aliphatic heterocycles. The van der Waals surface area contributed by atoms with Gasteiger partial charge in [-0.15, -0.1) is 5.10 Å². The van der Waals surface area contributed by atoms with Crippen LogP contribution < -0.4 is 5.32 Å². The van der Waals surface area contributed by atoms with Gasteiger partial charge in [0.05, 0.1) is 23.6 Å². The van der Waals surface area contributed by atoms with E-state index in [-0.39, 0.29) is 24.5 Å². The van der Waals surface area contributed by atoms with Gasteiger partial charge in [-0.05, 0) is 53.1 Å².